The molecule has 2 N–H and O–H groups in total. The minimum atomic E-state index is -2.96. The molecule has 7 heteroatoms. The van der Waals surface area contributed by atoms with Gasteiger partial charge in [-0.15, -0.1) is 0 Å². The molecule has 1 heterocycles. The largest absolute Gasteiger partial charge is 0.380 e. The van der Waals surface area contributed by atoms with Gasteiger partial charge in [-0.1, -0.05) is 23.7 Å². The Balaban J connectivity index is 1.74. The van der Waals surface area contributed by atoms with Crippen molar-refractivity contribution in [3.8, 4) is 0 Å². The normalized spacial score (nSPS) is 19.0. The van der Waals surface area contributed by atoms with E-state index in [-0.39, 0.29) is 23.5 Å². The molecule has 0 radical (unpaired) electrons. The van der Waals surface area contributed by atoms with Crippen molar-refractivity contribution in [2.24, 2.45) is 0 Å². The molecule has 0 aliphatic carbocycles. The molecule has 5 nitrogen and oxygen atoms in total. The van der Waals surface area contributed by atoms with Crippen LogP contribution in [0.3, 0.4) is 0 Å². The van der Waals surface area contributed by atoms with Crippen LogP contribution in [-0.2, 0) is 9.84 Å². The van der Waals surface area contributed by atoms with E-state index in [9.17, 15) is 13.2 Å². The van der Waals surface area contributed by atoms with Crippen molar-refractivity contribution in [1.82, 2.24) is 0 Å². The first kappa shape index (κ1) is 16.8. The molecule has 2 aromatic rings. The summed E-state index contributed by atoms with van der Waals surface area (Å²) in [4.78, 5) is 12.3. The van der Waals surface area contributed by atoms with Gasteiger partial charge in [-0.2, -0.15) is 0 Å². The fourth-order valence-electron chi connectivity index (χ4n) is 2.64. The predicted octanol–water partition coefficient (Wildman–Crippen LogP) is 3.19. The summed E-state index contributed by atoms with van der Waals surface area (Å²) in [5, 5.41) is 6.63. The first-order chi connectivity index (χ1) is 11.4. The molecule has 1 amide bonds. The minimum absolute atomic E-state index is 0.118. The number of para-hydroxylation sites is 2. The van der Waals surface area contributed by atoms with Gasteiger partial charge in [0.1, 0.15) is 0 Å². The Morgan fingerprint density at radius 2 is 1.71 bits per heavy atom. The maximum atomic E-state index is 12.3. The van der Waals surface area contributed by atoms with Gasteiger partial charge in [-0.25, -0.2) is 8.42 Å². The van der Waals surface area contributed by atoms with Crippen LogP contribution in [0.15, 0.2) is 48.5 Å². The zero-order valence-corrected chi connectivity index (χ0v) is 14.4. The van der Waals surface area contributed by atoms with Crippen LogP contribution in [-0.4, -0.2) is 31.9 Å². The summed E-state index contributed by atoms with van der Waals surface area (Å²) in [5.41, 5.74) is 1.82. The molecule has 0 bridgehead atoms. The quantitative estimate of drug-likeness (QED) is 0.873. The first-order valence-corrected chi connectivity index (χ1v) is 9.76. The van der Waals surface area contributed by atoms with E-state index in [4.69, 9.17) is 11.6 Å². The molecule has 2 aromatic carbocycles. The van der Waals surface area contributed by atoms with E-state index >= 15 is 0 Å². The maximum Gasteiger partial charge on any atom is 0.255 e. The fraction of sp³-hybridized carbons (Fsp3) is 0.235. The highest BCUT2D eigenvalue weighted by molar-refractivity contribution is 7.91. The zero-order valence-electron chi connectivity index (χ0n) is 12.8. The lowest BCUT2D eigenvalue weighted by Crippen LogP contribution is -2.22. The average Bonchev–Trinajstić information content (AvgIpc) is 2.88. The highest BCUT2D eigenvalue weighted by Gasteiger charge is 2.28. The molecular formula is C17H17ClN2O3S. The number of amides is 1. The monoisotopic (exact) mass is 364 g/mol. The summed E-state index contributed by atoms with van der Waals surface area (Å²) < 4.78 is 23.2. The van der Waals surface area contributed by atoms with Gasteiger partial charge in [0, 0.05) is 16.6 Å². The van der Waals surface area contributed by atoms with Gasteiger partial charge in [-0.3, -0.25) is 4.79 Å². The lowest BCUT2D eigenvalue weighted by atomic mass is 10.2. The van der Waals surface area contributed by atoms with E-state index in [1.165, 1.54) is 0 Å². The van der Waals surface area contributed by atoms with E-state index < -0.39 is 9.84 Å². The van der Waals surface area contributed by atoms with Crippen molar-refractivity contribution < 1.29 is 13.2 Å². The number of nitrogens with one attached hydrogen (secondary N) is 2. The maximum absolute atomic E-state index is 12.3. The highest BCUT2D eigenvalue weighted by atomic mass is 35.5. The van der Waals surface area contributed by atoms with Crippen molar-refractivity contribution in [2.75, 3.05) is 22.1 Å². The van der Waals surface area contributed by atoms with Crippen molar-refractivity contribution >= 4 is 38.7 Å². The Morgan fingerprint density at radius 3 is 2.33 bits per heavy atom. The van der Waals surface area contributed by atoms with Gasteiger partial charge >= 0.3 is 0 Å². The molecule has 1 aliphatic rings. The summed E-state index contributed by atoms with van der Waals surface area (Å²) in [7, 11) is -2.96. The Labute approximate surface area is 145 Å². The van der Waals surface area contributed by atoms with E-state index in [1.807, 2.05) is 18.2 Å². The molecule has 1 unspecified atom stereocenters. The van der Waals surface area contributed by atoms with Crippen LogP contribution in [0.25, 0.3) is 0 Å². The van der Waals surface area contributed by atoms with Crippen molar-refractivity contribution in [3.63, 3.8) is 0 Å². The number of carbonyl (C=O) groups excluding carboxylic acids is 1. The standard InChI is InChI=1S/C17H17ClN2O3S/c18-13-7-5-12(6-8-13)17(21)20-16-4-2-1-3-15(16)19-14-9-10-24(22,23)11-14/h1-8,14,19H,9-11H2,(H,20,21). The number of rotatable bonds is 4. The topological polar surface area (TPSA) is 75.3 Å². The van der Waals surface area contributed by atoms with Gasteiger partial charge in [0.25, 0.3) is 5.91 Å². The van der Waals surface area contributed by atoms with Crippen LogP contribution in [0.2, 0.25) is 5.02 Å². The lowest BCUT2D eigenvalue weighted by molar-refractivity contribution is 0.102. The molecule has 0 aromatic heterocycles. The number of halogens is 1. The third-order valence-corrected chi connectivity index (χ3v) is 5.89. The van der Waals surface area contributed by atoms with Crippen molar-refractivity contribution in [1.29, 1.82) is 0 Å². The number of hydrogen-bond donors (Lipinski definition) is 2. The Morgan fingerprint density at radius 1 is 1.04 bits per heavy atom. The Kier molecular flexibility index (Phi) is 4.78. The van der Waals surface area contributed by atoms with Gasteiger partial charge < -0.3 is 10.6 Å². The molecule has 3 rings (SSSR count). The van der Waals surface area contributed by atoms with E-state index in [2.05, 4.69) is 10.6 Å². The van der Waals surface area contributed by atoms with Gasteiger partial charge in [0.2, 0.25) is 0 Å². The van der Waals surface area contributed by atoms with Gasteiger partial charge in [0.05, 0.1) is 22.9 Å². The van der Waals surface area contributed by atoms with Crippen molar-refractivity contribution in [3.05, 3.63) is 59.1 Å². The number of anilines is 2. The van der Waals surface area contributed by atoms with Crippen LogP contribution in [0, 0.1) is 0 Å². The van der Waals surface area contributed by atoms with Crippen molar-refractivity contribution in [2.45, 2.75) is 12.5 Å². The molecule has 24 heavy (non-hydrogen) atoms. The summed E-state index contributed by atoms with van der Waals surface area (Å²) in [5.74, 6) is 0.0659. The second-order valence-corrected chi connectivity index (χ2v) is 8.42. The highest BCUT2D eigenvalue weighted by Crippen LogP contribution is 2.25. The van der Waals surface area contributed by atoms with Crippen LogP contribution in [0.4, 0.5) is 11.4 Å². The van der Waals surface area contributed by atoms with Crippen LogP contribution in [0.5, 0.6) is 0 Å². The first-order valence-electron chi connectivity index (χ1n) is 7.56. The molecule has 1 saturated heterocycles. The van der Waals surface area contributed by atoms with E-state index in [1.54, 1.807) is 30.3 Å². The summed E-state index contributed by atoms with van der Waals surface area (Å²) in [6.45, 7) is 0. The third kappa shape index (κ3) is 4.07. The summed E-state index contributed by atoms with van der Waals surface area (Å²) >= 11 is 5.83. The molecule has 126 valence electrons. The predicted molar refractivity (Wildman–Crippen MR) is 96.5 cm³/mol. The second-order valence-electron chi connectivity index (χ2n) is 5.75. The second kappa shape index (κ2) is 6.83. The third-order valence-electron chi connectivity index (χ3n) is 3.87. The zero-order chi connectivity index (χ0) is 17.2. The molecule has 0 saturated carbocycles. The molecule has 1 fully saturated rings. The molecule has 1 atom stereocenters. The van der Waals surface area contributed by atoms with Crippen LogP contribution >= 0.6 is 11.6 Å². The number of hydrogen-bond acceptors (Lipinski definition) is 4. The Hall–Kier alpha value is -2.05. The SMILES string of the molecule is O=C(Nc1ccccc1NC1CCS(=O)(=O)C1)c1ccc(Cl)cc1. The molecule has 1 aliphatic heterocycles. The number of sulfone groups is 1. The van der Waals surface area contributed by atoms with Crippen LogP contribution < -0.4 is 10.6 Å². The molecule has 0 spiro atoms. The van der Waals surface area contributed by atoms with Gasteiger partial charge in [0.15, 0.2) is 9.84 Å². The average molecular weight is 365 g/mol. The van der Waals surface area contributed by atoms with Crippen LogP contribution in [0.1, 0.15) is 16.8 Å². The summed E-state index contributed by atoms with van der Waals surface area (Å²) in [6.07, 6.45) is 0.571. The number of benzene rings is 2. The lowest BCUT2D eigenvalue weighted by Gasteiger charge is -2.17. The fourth-order valence-corrected chi connectivity index (χ4v) is 4.44. The van der Waals surface area contributed by atoms with E-state index in [0.717, 1.165) is 0 Å². The summed E-state index contributed by atoms with van der Waals surface area (Å²) in [6, 6.07) is 13.7. The minimum Gasteiger partial charge on any atom is -0.380 e. The van der Waals surface area contributed by atoms with E-state index in [0.29, 0.717) is 28.4 Å². The smallest absolute Gasteiger partial charge is 0.255 e. The Bertz CT molecular complexity index is 850. The number of carbonyl (C=O) groups is 1. The van der Waals surface area contributed by atoms with Gasteiger partial charge in [-0.05, 0) is 42.8 Å². The molecular weight excluding hydrogens is 348 g/mol.